The maximum absolute atomic E-state index is 11.6. The average Bonchev–Trinajstić information content (AvgIpc) is 2.60. The van der Waals surface area contributed by atoms with Crippen LogP contribution in [0.4, 0.5) is 5.82 Å². The highest BCUT2D eigenvalue weighted by atomic mass is 35.5. The van der Waals surface area contributed by atoms with Gasteiger partial charge >= 0.3 is 0 Å². The minimum atomic E-state index is 0.0652. The highest BCUT2D eigenvalue weighted by Crippen LogP contribution is 2.25. The third-order valence-corrected chi connectivity index (χ3v) is 3.08. The lowest BCUT2D eigenvalue weighted by Gasteiger charge is -2.14. The normalized spacial score (nSPS) is 21.1. The molecule has 0 aliphatic carbocycles. The van der Waals surface area contributed by atoms with Gasteiger partial charge in [-0.25, -0.2) is 4.98 Å². The lowest BCUT2D eigenvalue weighted by molar-refractivity contribution is -0.117. The summed E-state index contributed by atoms with van der Waals surface area (Å²) in [4.78, 5) is 17.4. The molecule has 2 heterocycles. The van der Waals surface area contributed by atoms with Crippen molar-refractivity contribution in [1.29, 1.82) is 0 Å². The van der Waals surface area contributed by atoms with Gasteiger partial charge in [-0.1, -0.05) is 11.6 Å². The lowest BCUT2D eigenvalue weighted by atomic mass is 10.1. The molecule has 3 nitrogen and oxygen atoms in total. The van der Waals surface area contributed by atoms with E-state index in [9.17, 15) is 4.79 Å². The highest BCUT2D eigenvalue weighted by molar-refractivity contribution is 6.30. The summed E-state index contributed by atoms with van der Waals surface area (Å²) in [5.41, 5.74) is 0. The molecule has 1 amide bonds. The Bertz CT molecular complexity index is 383. The Kier molecular flexibility index (Phi) is 3.12. The molecule has 5 heteroatoms. The topological polar surface area (TPSA) is 33.2 Å². The van der Waals surface area contributed by atoms with Gasteiger partial charge in [0, 0.05) is 30.1 Å². The van der Waals surface area contributed by atoms with Crippen LogP contribution in [0.15, 0.2) is 18.3 Å². The number of hydrogen-bond donors (Lipinski definition) is 0. The molecule has 1 aromatic rings. The fraction of sp³-hybridized carbons (Fsp3) is 0.400. The number of hydrogen-bond acceptors (Lipinski definition) is 2. The molecule has 0 saturated carbocycles. The SMILES string of the molecule is O=C1CC(CCl)CN1c1cc(Cl)ccn1. The van der Waals surface area contributed by atoms with Crippen molar-refractivity contribution in [2.24, 2.45) is 5.92 Å². The van der Waals surface area contributed by atoms with E-state index < -0.39 is 0 Å². The molecular formula is C10H10Cl2N2O. The van der Waals surface area contributed by atoms with Crippen molar-refractivity contribution in [1.82, 2.24) is 4.98 Å². The third kappa shape index (κ3) is 2.24. The van der Waals surface area contributed by atoms with Crippen LogP contribution in [0.2, 0.25) is 5.02 Å². The van der Waals surface area contributed by atoms with Gasteiger partial charge in [0.1, 0.15) is 5.82 Å². The average molecular weight is 245 g/mol. The number of aromatic nitrogens is 1. The molecule has 0 bridgehead atoms. The van der Waals surface area contributed by atoms with Gasteiger partial charge in [-0.15, -0.1) is 11.6 Å². The Morgan fingerprint density at radius 3 is 3.00 bits per heavy atom. The van der Waals surface area contributed by atoms with Gasteiger partial charge in [0.2, 0.25) is 5.91 Å². The lowest BCUT2D eigenvalue weighted by Crippen LogP contribution is -2.25. The monoisotopic (exact) mass is 244 g/mol. The van der Waals surface area contributed by atoms with Gasteiger partial charge in [-0.05, 0) is 18.1 Å². The van der Waals surface area contributed by atoms with Gasteiger partial charge in [-0.2, -0.15) is 0 Å². The Hall–Kier alpha value is -0.800. The van der Waals surface area contributed by atoms with Crippen molar-refractivity contribution in [3.8, 4) is 0 Å². The van der Waals surface area contributed by atoms with E-state index in [0.717, 1.165) is 0 Å². The van der Waals surface area contributed by atoms with Gasteiger partial charge in [0.15, 0.2) is 0 Å². The van der Waals surface area contributed by atoms with E-state index in [1.807, 2.05) is 0 Å². The van der Waals surface area contributed by atoms with Gasteiger partial charge < -0.3 is 0 Å². The summed E-state index contributed by atoms with van der Waals surface area (Å²) >= 11 is 11.6. The van der Waals surface area contributed by atoms with Crippen molar-refractivity contribution in [3.05, 3.63) is 23.4 Å². The van der Waals surface area contributed by atoms with E-state index in [4.69, 9.17) is 23.2 Å². The predicted octanol–water partition coefficient (Wildman–Crippen LogP) is 2.33. The van der Waals surface area contributed by atoms with Crippen molar-refractivity contribution < 1.29 is 4.79 Å². The third-order valence-electron chi connectivity index (χ3n) is 2.41. The van der Waals surface area contributed by atoms with Crippen LogP contribution in [0.1, 0.15) is 6.42 Å². The van der Waals surface area contributed by atoms with E-state index >= 15 is 0 Å². The van der Waals surface area contributed by atoms with Crippen LogP contribution >= 0.6 is 23.2 Å². The predicted molar refractivity (Wildman–Crippen MR) is 60.4 cm³/mol. The number of rotatable bonds is 2. The van der Waals surface area contributed by atoms with Crippen molar-refractivity contribution >= 4 is 34.9 Å². The maximum Gasteiger partial charge on any atom is 0.228 e. The molecule has 1 fully saturated rings. The fourth-order valence-electron chi connectivity index (χ4n) is 1.65. The Morgan fingerprint density at radius 1 is 1.60 bits per heavy atom. The number of pyridine rings is 1. The molecule has 1 aliphatic heterocycles. The summed E-state index contributed by atoms with van der Waals surface area (Å²) in [5.74, 6) is 1.40. The van der Waals surface area contributed by atoms with Crippen LogP contribution in [0.5, 0.6) is 0 Å². The highest BCUT2D eigenvalue weighted by Gasteiger charge is 2.30. The molecule has 1 aliphatic rings. The molecule has 1 aromatic heterocycles. The largest absolute Gasteiger partial charge is 0.296 e. The number of nitrogens with zero attached hydrogens (tertiary/aromatic N) is 2. The first-order valence-electron chi connectivity index (χ1n) is 4.68. The van der Waals surface area contributed by atoms with Crippen LogP contribution in [0, 0.1) is 5.92 Å². The number of carbonyl (C=O) groups excluding carboxylic acids is 1. The number of carbonyl (C=O) groups is 1. The summed E-state index contributed by atoms with van der Waals surface area (Å²) in [6.07, 6.45) is 2.09. The molecule has 80 valence electrons. The minimum absolute atomic E-state index is 0.0652. The first-order valence-corrected chi connectivity index (χ1v) is 5.60. The molecule has 0 spiro atoms. The molecule has 1 saturated heterocycles. The second-order valence-electron chi connectivity index (χ2n) is 3.56. The summed E-state index contributed by atoms with van der Waals surface area (Å²) in [7, 11) is 0. The first-order chi connectivity index (χ1) is 7.20. The molecule has 1 unspecified atom stereocenters. The van der Waals surface area contributed by atoms with E-state index in [-0.39, 0.29) is 11.8 Å². The van der Waals surface area contributed by atoms with Gasteiger partial charge in [0.25, 0.3) is 0 Å². The zero-order valence-electron chi connectivity index (χ0n) is 7.99. The molecule has 15 heavy (non-hydrogen) atoms. The first kappa shape index (κ1) is 10.7. The summed E-state index contributed by atoms with van der Waals surface area (Å²) in [6.45, 7) is 0.635. The van der Waals surface area contributed by atoms with E-state index in [1.165, 1.54) is 0 Å². The molecule has 0 aromatic carbocycles. The standard InChI is InChI=1S/C10H10Cl2N2O/c11-5-7-3-10(15)14(6-7)9-4-8(12)1-2-13-9/h1-2,4,7H,3,5-6H2. The molecule has 2 rings (SSSR count). The zero-order chi connectivity index (χ0) is 10.8. The van der Waals surface area contributed by atoms with Crippen LogP contribution in [0.3, 0.4) is 0 Å². The molecular weight excluding hydrogens is 235 g/mol. The molecule has 0 N–H and O–H groups in total. The maximum atomic E-state index is 11.6. The second-order valence-corrected chi connectivity index (χ2v) is 4.31. The second kappa shape index (κ2) is 4.37. The van der Waals surface area contributed by atoms with Crippen LogP contribution in [0.25, 0.3) is 0 Å². The smallest absolute Gasteiger partial charge is 0.228 e. The summed E-state index contributed by atoms with van der Waals surface area (Å²) in [6, 6.07) is 3.38. The van der Waals surface area contributed by atoms with E-state index in [0.29, 0.717) is 29.7 Å². The number of halogens is 2. The Morgan fingerprint density at radius 2 is 2.40 bits per heavy atom. The summed E-state index contributed by atoms with van der Waals surface area (Å²) < 4.78 is 0. The zero-order valence-corrected chi connectivity index (χ0v) is 9.50. The van der Waals surface area contributed by atoms with Crippen LogP contribution < -0.4 is 4.90 Å². The van der Waals surface area contributed by atoms with E-state index in [1.54, 1.807) is 23.2 Å². The number of amides is 1. The van der Waals surface area contributed by atoms with E-state index in [2.05, 4.69) is 4.98 Å². The van der Waals surface area contributed by atoms with Crippen molar-refractivity contribution in [2.75, 3.05) is 17.3 Å². The van der Waals surface area contributed by atoms with Crippen LogP contribution in [-0.4, -0.2) is 23.3 Å². The quantitative estimate of drug-likeness (QED) is 0.749. The van der Waals surface area contributed by atoms with Gasteiger partial charge in [0.05, 0.1) is 0 Å². The minimum Gasteiger partial charge on any atom is -0.296 e. The fourth-order valence-corrected chi connectivity index (χ4v) is 2.01. The number of alkyl halides is 1. The molecule has 1 atom stereocenters. The number of anilines is 1. The van der Waals surface area contributed by atoms with Crippen molar-refractivity contribution in [2.45, 2.75) is 6.42 Å². The van der Waals surface area contributed by atoms with Crippen molar-refractivity contribution in [3.63, 3.8) is 0 Å². The molecule has 0 radical (unpaired) electrons. The van der Waals surface area contributed by atoms with Crippen LogP contribution in [-0.2, 0) is 4.79 Å². The van der Waals surface area contributed by atoms with Gasteiger partial charge in [-0.3, -0.25) is 9.69 Å². The summed E-state index contributed by atoms with van der Waals surface area (Å²) in [5, 5.41) is 0.585. The Labute approximate surface area is 98.0 Å². The Balaban J connectivity index is 2.21.